The number of esters is 1. The molecular weight excluding hydrogens is 506 g/mol. The van der Waals surface area contributed by atoms with Gasteiger partial charge in [-0.15, -0.1) is 0 Å². The summed E-state index contributed by atoms with van der Waals surface area (Å²) in [4.78, 5) is 13.4. The summed E-state index contributed by atoms with van der Waals surface area (Å²) in [5.41, 5.74) is -2.95. The van der Waals surface area contributed by atoms with E-state index in [4.69, 9.17) is 28.4 Å². The van der Waals surface area contributed by atoms with Crippen LogP contribution >= 0.6 is 0 Å². The molecule has 1 aliphatic carbocycles. The van der Waals surface area contributed by atoms with Crippen LogP contribution in [0, 0.1) is 5.92 Å². The Labute approximate surface area is 225 Å². The minimum Gasteiger partial charge on any atom is -0.496 e. The van der Waals surface area contributed by atoms with Crippen LogP contribution in [0.5, 0.6) is 28.7 Å². The monoisotopic (exact) mass is 535 g/mol. The van der Waals surface area contributed by atoms with E-state index in [9.17, 15) is 15.1 Å². The van der Waals surface area contributed by atoms with E-state index >= 15 is 0 Å². The van der Waals surface area contributed by atoms with Gasteiger partial charge in [0, 0.05) is 17.7 Å². The Bertz CT molecular complexity index is 1440. The predicted octanol–water partition coefficient (Wildman–Crippen LogP) is 3.61. The molecule has 10 nitrogen and oxygen atoms in total. The molecule has 2 N–H and O–H groups in total. The molecule has 5 rings (SSSR count). The highest BCUT2D eigenvalue weighted by molar-refractivity contribution is 6.12. The summed E-state index contributed by atoms with van der Waals surface area (Å²) in [6, 6.07) is 17.3. The first-order valence-corrected chi connectivity index (χ1v) is 12.1. The van der Waals surface area contributed by atoms with Gasteiger partial charge in [-0.25, -0.2) is 0 Å². The van der Waals surface area contributed by atoms with Crippen LogP contribution in [-0.4, -0.2) is 57.5 Å². The number of oxime groups is 1. The Hall–Kier alpha value is -4.44. The lowest BCUT2D eigenvalue weighted by Crippen LogP contribution is -2.50. The smallest absolute Gasteiger partial charge is 0.315 e. The molecule has 3 aromatic rings. The number of fused-ring (bicyclic) bond motifs is 3. The van der Waals surface area contributed by atoms with Crippen molar-refractivity contribution in [2.24, 2.45) is 11.1 Å². The van der Waals surface area contributed by atoms with Crippen LogP contribution in [0.3, 0.4) is 0 Å². The second kappa shape index (κ2) is 9.70. The number of rotatable bonds is 7. The van der Waals surface area contributed by atoms with Crippen molar-refractivity contribution >= 4 is 11.7 Å². The highest BCUT2D eigenvalue weighted by atomic mass is 16.5. The lowest BCUT2D eigenvalue weighted by molar-refractivity contribution is -0.145. The first kappa shape index (κ1) is 26.2. The van der Waals surface area contributed by atoms with Crippen LogP contribution in [0.1, 0.15) is 22.6 Å². The molecule has 1 saturated carbocycles. The summed E-state index contributed by atoms with van der Waals surface area (Å²) >= 11 is 0. The Morgan fingerprint density at radius 2 is 1.56 bits per heavy atom. The molecule has 0 aromatic heterocycles. The van der Waals surface area contributed by atoms with Crippen molar-refractivity contribution in [3.05, 3.63) is 77.4 Å². The number of aliphatic hydroxyl groups is 1. The summed E-state index contributed by atoms with van der Waals surface area (Å²) in [7, 11) is 7.17. The number of benzene rings is 3. The molecule has 39 heavy (non-hydrogen) atoms. The Kier molecular flexibility index (Phi) is 6.51. The largest absolute Gasteiger partial charge is 0.496 e. The van der Waals surface area contributed by atoms with Crippen LogP contribution < -0.4 is 23.7 Å². The minimum absolute atomic E-state index is 0.181. The second-order valence-electron chi connectivity index (χ2n) is 9.20. The quantitative estimate of drug-likeness (QED) is 0.265. The van der Waals surface area contributed by atoms with Gasteiger partial charge in [-0.1, -0.05) is 41.6 Å². The highest BCUT2D eigenvalue weighted by Gasteiger charge is 2.78. The third-order valence-corrected chi connectivity index (χ3v) is 7.64. The number of ether oxygens (including phenoxy) is 6. The van der Waals surface area contributed by atoms with E-state index in [0.717, 1.165) is 0 Å². The fourth-order valence-corrected chi connectivity index (χ4v) is 6.05. The molecule has 0 saturated heterocycles. The molecule has 1 aliphatic heterocycles. The van der Waals surface area contributed by atoms with E-state index in [1.165, 1.54) is 35.5 Å². The fraction of sp³-hybridized carbons (Fsp3) is 0.310. The van der Waals surface area contributed by atoms with E-state index in [0.29, 0.717) is 28.4 Å². The Balaban J connectivity index is 1.95. The molecule has 2 aliphatic rings. The number of carbonyl (C=O) groups excluding carboxylic acids is 1. The van der Waals surface area contributed by atoms with Gasteiger partial charge in [0.25, 0.3) is 0 Å². The van der Waals surface area contributed by atoms with Gasteiger partial charge in [-0.05, 0) is 17.7 Å². The molecule has 4 atom stereocenters. The first-order chi connectivity index (χ1) is 18.9. The van der Waals surface area contributed by atoms with Crippen LogP contribution in [-0.2, 0) is 20.7 Å². The Morgan fingerprint density at radius 1 is 0.872 bits per heavy atom. The SMILES string of the molecule is COC(=O)C1/C(=N\O)[C@@]2(O)c3c(OC)cc(OC)cc3O[C@@]2(c2ccc(OC)c(OC)c2)[C@@H]1c1ccccc1. The van der Waals surface area contributed by atoms with Crippen molar-refractivity contribution < 1.29 is 43.5 Å². The number of carbonyl (C=O) groups is 1. The third kappa shape index (κ3) is 3.44. The van der Waals surface area contributed by atoms with Crippen LogP contribution in [0.4, 0.5) is 0 Å². The van der Waals surface area contributed by atoms with E-state index in [2.05, 4.69) is 5.16 Å². The van der Waals surface area contributed by atoms with Gasteiger partial charge in [0.2, 0.25) is 0 Å². The summed E-state index contributed by atoms with van der Waals surface area (Å²) in [6.45, 7) is 0. The van der Waals surface area contributed by atoms with E-state index in [1.54, 1.807) is 30.3 Å². The number of methoxy groups -OCH3 is 5. The number of nitrogens with zero attached hydrogens (tertiary/aromatic N) is 1. The topological polar surface area (TPSA) is 125 Å². The molecule has 1 fully saturated rings. The molecular formula is C29H29NO9. The lowest BCUT2D eigenvalue weighted by atomic mass is 9.70. The predicted molar refractivity (Wildman–Crippen MR) is 139 cm³/mol. The highest BCUT2D eigenvalue weighted by Crippen LogP contribution is 2.69. The summed E-state index contributed by atoms with van der Waals surface area (Å²) in [5, 5.41) is 26.9. The second-order valence-corrected chi connectivity index (χ2v) is 9.20. The summed E-state index contributed by atoms with van der Waals surface area (Å²) in [6.07, 6.45) is 0. The molecule has 3 aromatic carbocycles. The van der Waals surface area contributed by atoms with Crippen LogP contribution in [0.25, 0.3) is 0 Å². The minimum atomic E-state index is -2.20. The van der Waals surface area contributed by atoms with Crippen molar-refractivity contribution in [2.45, 2.75) is 17.1 Å². The van der Waals surface area contributed by atoms with Gasteiger partial charge in [0.1, 0.15) is 28.9 Å². The van der Waals surface area contributed by atoms with Gasteiger partial charge >= 0.3 is 5.97 Å². The molecule has 204 valence electrons. The van der Waals surface area contributed by atoms with Crippen LogP contribution in [0.15, 0.2) is 65.8 Å². The van der Waals surface area contributed by atoms with Gasteiger partial charge in [0.05, 0.1) is 47.0 Å². The zero-order valence-electron chi connectivity index (χ0n) is 22.1. The van der Waals surface area contributed by atoms with Gasteiger partial charge in [-0.2, -0.15) is 0 Å². The normalized spacial score (nSPS) is 25.8. The molecule has 0 amide bonds. The maximum Gasteiger partial charge on any atom is 0.315 e. The molecule has 10 heteroatoms. The fourth-order valence-electron chi connectivity index (χ4n) is 6.05. The Morgan fingerprint density at radius 3 is 2.15 bits per heavy atom. The molecule has 0 radical (unpaired) electrons. The molecule has 1 unspecified atom stereocenters. The molecule has 0 spiro atoms. The summed E-state index contributed by atoms with van der Waals surface area (Å²) < 4.78 is 34.1. The van der Waals surface area contributed by atoms with Crippen molar-refractivity contribution in [2.75, 3.05) is 35.5 Å². The number of hydrogen-bond donors (Lipinski definition) is 2. The van der Waals surface area contributed by atoms with Crippen molar-refractivity contribution in [3.8, 4) is 28.7 Å². The zero-order valence-corrected chi connectivity index (χ0v) is 22.1. The maximum absolute atomic E-state index is 13.4. The lowest BCUT2D eigenvalue weighted by Gasteiger charge is -2.40. The first-order valence-electron chi connectivity index (χ1n) is 12.1. The van der Waals surface area contributed by atoms with Gasteiger partial charge in [-0.3, -0.25) is 4.79 Å². The van der Waals surface area contributed by atoms with Gasteiger partial charge in [0.15, 0.2) is 22.7 Å². The summed E-state index contributed by atoms with van der Waals surface area (Å²) in [5.74, 6) is -1.19. The molecule has 1 heterocycles. The van der Waals surface area contributed by atoms with Crippen LogP contribution in [0.2, 0.25) is 0 Å². The van der Waals surface area contributed by atoms with Crippen molar-refractivity contribution in [1.82, 2.24) is 0 Å². The number of hydrogen-bond acceptors (Lipinski definition) is 10. The third-order valence-electron chi connectivity index (χ3n) is 7.64. The molecule has 0 bridgehead atoms. The van der Waals surface area contributed by atoms with E-state index in [1.807, 2.05) is 30.3 Å². The average molecular weight is 536 g/mol. The van der Waals surface area contributed by atoms with E-state index in [-0.39, 0.29) is 22.8 Å². The average Bonchev–Trinajstić information content (AvgIpc) is 3.37. The van der Waals surface area contributed by atoms with Crippen molar-refractivity contribution in [1.29, 1.82) is 0 Å². The zero-order chi connectivity index (χ0) is 27.9. The van der Waals surface area contributed by atoms with Crippen molar-refractivity contribution in [3.63, 3.8) is 0 Å². The van der Waals surface area contributed by atoms with E-state index < -0.39 is 29.0 Å². The standard InChI is InChI=1S/C29H29NO9/c1-34-18-14-21(37-4)25-22(15-18)39-29(17-11-12-19(35-2)20(13-17)36-3)24(16-9-7-6-8-10-16)23(27(31)38-5)26(30-33)28(25,29)32/h6-15,23-24,32-33H,1-5H3/b30-26+/t23?,24-,28+,29+/m1/s1. The maximum atomic E-state index is 13.4. The van der Waals surface area contributed by atoms with Gasteiger partial charge < -0.3 is 38.7 Å².